The second kappa shape index (κ2) is 16.4. The summed E-state index contributed by atoms with van der Waals surface area (Å²) in [6, 6.07) is 18.9. The quantitative estimate of drug-likeness (QED) is 0.161. The van der Waals surface area contributed by atoms with Crippen LogP contribution in [0.4, 0.5) is 4.79 Å². The smallest absolute Gasteiger partial charge is 0.407 e. The summed E-state index contributed by atoms with van der Waals surface area (Å²) in [6.45, 7) is 9.46. The molecular formula is C37H45N3O6S. The lowest BCUT2D eigenvalue weighted by Crippen LogP contribution is -2.56. The van der Waals surface area contributed by atoms with E-state index in [-0.39, 0.29) is 37.3 Å². The predicted octanol–water partition coefficient (Wildman–Crippen LogP) is 6.96. The van der Waals surface area contributed by atoms with E-state index in [0.717, 1.165) is 27.1 Å². The van der Waals surface area contributed by atoms with Gasteiger partial charge in [-0.3, -0.25) is 24.8 Å². The van der Waals surface area contributed by atoms with Crippen LogP contribution in [0.1, 0.15) is 69.4 Å². The minimum atomic E-state index is -1.08. The minimum absolute atomic E-state index is 0.0200. The summed E-state index contributed by atoms with van der Waals surface area (Å²) in [6.07, 6.45) is 3.38. The first kappa shape index (κ1) is 35.4. The number of carboxylic acids is 1. The number of hydrogen-bond acceptors (Lipinski definition) is 6. The molecule has 0 radical (unpaired) electrons. The van der Waals surface area contributed by atoms with Crippen molar-refractivity contribution in [3.05, 3.63) is 88.1 Å². The van der Waals surface area contributed by atoms with Gasteiger partial charge in [0.1, 0.15) is 12.6 Å². The zero-order valence-electron chi connectivity index (χ0n) is 27.6. The van der Waals surface area contributed by atoms with Crippen LogP contribution in [0.2, 0.25) is 0 Å². The molecule has 3 amide bonds. The molecule has 1 unspecified atom stereocenters. The first-order chi connectivity index (χ1) is 22.5. The van der Waals surface area contributed by atoms with Crippen LogP contribution < -0.4 is 10.7 Å². The summed E-state index contributed by atoms with van der Waals surface area (Å²) < 4.78 is 5.63. The Morgan fingerprint density at radius 1 is 0.894 bits per heavy atom. The predicted molar refractivity (Wildman–Crippen MR) is 184 cm³/mol. The van der Waals surface area contributed by atoms with Crippen LogP contribution in [0.15, 0.2) is 72.1 Å². The van der Waals surface area contributed by atoms with Crippen molar-refractivity contribution < 1.29 is 29.0 Å². The Labute approximate surface area is 281 Å². The first-order valence-corrected chi connectivity index (χ1v) is 17.0. The number of fused-ring (bicyclic) bond motifs is 3. The van der Waals surface area contributed by atoms with Crippen molar-refractivity contribution in [2.45, 2.75) is 59.4 Å². The molecule has 0 aliphatic heterocycles. The largest absolute Gasteiger partial charge is 0.481 e. The Kier molecular flexibility index (Phi) is 12.4. The Hall–Kier alpha value is -4.44. The monoisotopic (exact) mass is 659 g/mol. The Balaban J connectivity index is 1.41. The van der Waals surface area contributed by atoms with Gasteiger partial charge in [0.05, 0.1) is 11.8 Å². The summed E-state index contributed by atoms with van der Waals surface area (Å²) in [5, 5.41) is 15.9. The number of hydrogen-bond donors (Lipinski definition) is 3. The molecule has 0 bridgehead atoms. The fourth-order valence-electron chi connectivity index (χ4n) is 6.00. The van der Waals surface area contributed by atoms with E-state index in [1.165, 1.54) is 23.3 Å². The van der Waals surface area contributed by atoms with Gasteiger partial charge >= 0.3 is 12.1 Å². The highest BCUT2D eigenvalue weighted by Crippen LogP contribution is 2.44. The van der Waals surface area contributed by atoms with Crippen molar-refractivity contribution in [3.8, 4) is 11.1 Å². The third-order valence-corrected chi connectivity index (χ3v) is 9.03. The number of alkyl carbamates (subject to hydrolysis) is 1. The van der Waals surface area contributed by atoms with Crippen molar-refractivity contribution in [2.75, 3.05) is 13.2 Å². The van der Waals surface area contributed by atoms with Crippen molar-refractivity contribution >= 4 is 41.3 Å². The van der Waals surface area contributed by atoms with Crippen molar-refractivity contribution in [1.82, 2.24) is 15.8 Å². The summed E-state index contributed by atoms with van der Waals surface area (Å²) >= 11 is 1.54. The Morgan fingerprint density at radius 3 is 2.09 bits per heavy atom. The van der Waals surface area contributed by atoms with Crippen LogP contribution in [0.3, 0.4) is 0 Å². The summed E-state index contributed by atoms with van der Waals surface area (Å²) in [5.74, 6) is -4.13. The molecule has 3 aromatic rings. The Bertz CT molecular complexity index is 1520. The maximum atomic E-state index is 13.7. The number of hydrazine groups is 1. The number of carbonyl (C=O) groups is 4. The normalized spacial score (nSPS) is 14.4. The number of carbonyl (C=O) groups excluding carboxylic acids is 3. The molecule has 0 fully saturated rings. The molecule has 250 valence electrons. The molecular weight excluding hydrogens is 614 g/mol. The van der Waals surface area contributed by atoms with Gasteiger partial charge in [0.25, 0.3) is 5.91 Å². The highest BCUT2D eigenvalue weighted by atomic mass is 32.1. The number of benzene rings is 2. The first-order valence-electron chi connectivity index (χ1n) is 16.1. The second-order valence-electron chi connectivity index (χ2n) is 12.8. The zero-order valence-corrected chi connectivity index (χ0v) is 28.5. The highest BCUT2D eigenvalue weighted by molar-refractivity contribution is 7.10. The molecule has 4 rings (SSSR count). The molecule has 9 nitrogen and oxygen atoms in total. The number of aliphatic carboxylic acids is 1. The average Bonchev–Trinajstić information content (AvgIpc) is 3.66. The fraction of sp³-hybridized carbons (Fsp3) is 0.405. The summed E-state index contributed by atoms with van der Waals surface area (Å²) in [4.78, 5) is 53.6. The van der Waals surface area contributed by atoms with Crippen LogP contribution in [0.5, 0.6) is 0 Å². The van der Waals surface area contributed by atoms with Gasteiger partial charge in [-0.15, -0.1) is 11.3 Å². The van der Waals surface area contributed by atoms with Crippen molar-refractivity contribution in [1.29, 1.82) is 0 Å². The van der Waals surface area contributed by atoms with Gasteiger partial charge in [-0.05, 0) is 71.4 Å². The number of carboxylic acid groups (broad SMARTS) is 1. The van der Waals surface area contributed by atoms with Gasteiger partial charge in [-0.2, -0.15) is 0 Å². The molecule has 47 heavy (non-hydrogen) atoms. The van der Waals surface area contributed by atoms with E-state index in [4.69, 9.17) is 4.74 Å². The molecule has 0 spiro atoms. The average molecular weight is 660 g/mol. The highest BCUT2D eigenvalue weighted by Gasteiger charge is 2.36. The molecule has 0 saturated heterocycles. The number of thiophene rings is 1. The molecule has 2 aromatic carbocycles. The van der Waals surface area contributed by atoms with Gasteiger partial charge in [-0.25, -0.2) is 4.79 Å². The molecule has 3 atom stereocenters. The van der Waals surface area contributed by atoms with Crippen molar-refractivity contribution in [3.63, 3.8) is 0 Å². The van der Waals surface area contributed by atoms with Crippen LogP contribution in [-0.2, 0) is 19.1 Å². The maximum absolute atomic E-state index is 13.7. The molecule has 3 N–H and O–H groups in total. The Morgan fingerprint density at radius 2 is 1.53 bits per heavy atom. The molecule has 1 aliphatic carbocycles. The van der Waals surface area contributed by atoms with E-state index in [1.807, 2.05) is 87.7 Å². The van der Waals surface area contributed by atoms with E-state index in [2.05, 4.69) is 22.9 Å². The summed E-state index contributed by atoms with van der Waals surface area (Å²) in [5.41, 5.74) is 7.09. The lowest BCUT2D eigenvalue weighted by molar-refractivity contribution is -0.151. The van der Waals surface area contributed by atoms with Gasteiger partial charge in [0, 0.05) is 17.3 Å². The second-order valence-corrected chi connectivity index (χ2v) is 13.8. The third-order valence-electron chi connectivity index (χ3n) is 8.19. The topological polar surface area (TPSA) is 125 Å². The standard InChI is InChI=1S/C37H45N3O6S/c1-23(2)20-32(31(36(43)44)18-10-12-26-13-11-19-47-26)34(41)39-40(21-24(3)4)35(42)25(5)38-37(45)46-22-33-29-16-8-6-14-27(29)28-15-7-9-17-30(28)33/h6-17,19,23-25,31-33H,18,20-22H2,1-5H3,(H,38,45)(H,39,41)(H,43,44)/b12-10+/t25-,31?,32-/m1/s1. The van der Waals surface area contributed by atoms with E-state index < -0.39 is 41.8 Å². The van der Waals surface area contributed by atoms with E-state index in [1.54, 1.807) is 6.08 Å². The van der Waals surface area contributed by atoms with Gasteiger partial charge in [0.2, 0.25) is 5.91 Å². The number of ether oxygens (including phenoxy) is 1. The number of nitrogens with zero attached hydrogens (tertiary/aromatic N) is 1. The van der Waals surface area contributed by atoms with E-state index in [9.17, 15) is 24.3 Å². The number of rotatable bonds is 14. The van der Waals surface area contributed by atoms with Crippen LogP contribution in [-0.4, -0.2) is 53.2 Å². The van der Waals surface area contributed by atoms with Crippen molar-refractivity contribution in [2.24, 2.45) is 23.7 Å². The molecule has 1 aromatic heterocycles. The van der Waals surface area contributed by atoms with Gasteiger partial charge in [-0.1, -0.05) is 88.4 Å². The maximum Gasteiger partial charge on any atom is 0.407 e. The van der Waals surface area contributed by atoms with Gasteiger partial charge < -0.3 is 15.2 Å². The molecule has 10 heteroatoms. The minimum Gasteiger partial charge on any atom is -0.481 e. The zero-order chi connectivity index (χ0) is 34.1. The molecule has 1 aliphatic rings. The van der Waals surface area contributed by atoms with Crippen LogP contribution in [0.25, 0.3) is 17.2 Å². The number of amides is 3. The summed E-state index contributed by atoms with van der Waals surface area (Å²) in [7, 11) is 0. The number of nitrogens with one attached hydrogen (secondary N) is 2. The fourth-order valence-corrected chi connectivity index (χ4v) is 6.65. The van der Waals surface area contributed by atoms with Crippen LogP contribution in [0, 0.1) is 23.7 Å². The lowest BCUT2D eigenvalue weighted by atomic mass is 9.82. The molecule has 0 saturated carbocycles. The van der Waals surface area contributed by atoms with Gasteiger partial charge in [0.15, 0.2) is 0 Å². The van der Waals surface area contributed by atoms with E-state index in [0.29, 0.717) is 6.42 Å². The molecule has 1 heterocycles. The van der Waals surface area contributed by atoms with E-state index >= 15 is 0 Å². The SMILES string of the molecule is CC(C)C[C@@H](C(=O)NN(CC(C)C)C(=O)[C@@H](C)NC(=O)OCC1c2ccccc2-c2ccccc21)C(C/C=C/c1cccs1)C(=O)O. The number of allylic oxidation sites excluding steroid dienone is 1. The van der Waals surface area contributed by atoms with Crippen LogP contribution >= 0.6 is 11.3 Å². The third kappa shape index (κ3) is 9.32. The lowest BCUT2D eigenvalue weighted by Gasteiger charge is -2.31.